The Hall–Kier alpha value is -2.68. The van der Waals surface area contributed by atoms with Crippen LogP contribution in [0, 0.1) is 0 Å². The molecule has 37 heavy (non-hydrogen) atoms. The number of aromatic nitrogens is 3. The zero-order chi connectivity index (χ0) is 25.9. The third-order valence-electron chi connectivity index (χ3n) is 5.70. The van der Waals surface area contributed by atoms with Crippen LogP contribution in [0.15, 0.2) is 70.4 Å². The first kappa shape index (κ1) is 30.5. The maximum atomic E-state index is 11.6. The molecule has 0 unspecified atom stereocenters. The van der Waals surface area contributed by atoms with Crippen LogP contribution in [-0.2, 0) is 11.3 Å². The lowest BCUT2D eigenvalue weighted by Gasteiger charge is -2.26. The fraction of sp³-hybridized carbons (Fsp3) is 0.333. The van der Waals surface area contributed by atoms with E-state index in [0.717, 1.165) is 53.9 Å². The Balaban J connectivity index is 0.000000295. The van der Waals surface area contributed by atoms with E-state index in [1.165, 1.54) is 11.1 Å². The molecule has 1 amide bonds. The van der Waals surface area contributed by atoms with Crippen molar-refractivity contribution in [1.82, 2.24) is 19.7 Å². The van der Waals surface area contributed by atoms with Gasteiger partial charge in [0, 0.05) is 41.8 Å². The summed E-state index contributed by atoms with van der Waals surface area (Å²) in [6.07, 6.45) is 5.73. The molecular weight excluding hydrogens is 575 g/mol. The molecule has 10 heteroatoms. The van der Waals surface area contributed by atoms with Crippen LogP contribution >= 0.6 is 39.9 Å². The van der Waals surface area contributed by atoms with Crippen molar-refractivity contribution in [1.29, 1.82) is 0 Å². The van der Waals surface area contributed by atoms with Crippen molar-refractivity contribution >= 4 is 57.3 Å². The van der Waals surface area contributed by atoms with Gasteiger partial charge in [-0.25, -0.2) is 4.98 Å². The summed E-state index contributed by atoms with van der Waals surface area (Å²) in [5.41, 5.74) is 10.2. The molecule has 3 aromatic rings. The van der Waals surface area contributed by atoms with Crippen molar-refractivity contribution < 1.29 is 4.79 Å². The number of carbonyl (C=O) groups is 1. The third kappa shape index (κ3) is 8.98. The molecule has 0 fully saturated rings. The van der Waals surface area contributed by atoms with E-state index in [1.54, 1.807) is 11.2 Å². The van der Waals surface area contributed by atoms with Crippen LogP contribution in [0.2, 0.25) is 0 Å². The Bertz CT molecular complexity index is 1190. The van der Waals surface area contributed by atoms with Crippen molar-refractivity contribution in [3.05, 3.63) is 76.5 Å². The van der Waals surface area contributed by atoms with E-state index in [2.05, 4.69) is 56.1 Å². The first-order valence-electron chi connectivity index (χ1n) is 12.0. The number of aryl methyl sites for hydroxylation is 1. The van der Waals surface area contributed by atoms with Gasteiger partial charge >= 0.3 is 0 Å². The minimum Gasteiger partial charge on any atom is -0.384 e. The maximum absolute atomic E-state index is 11.6. The maximum Gasteiger partial charge on any atom is 0.237 e. The highest BCUT2D eigenvalue weighted by atomic mass is 79.9. The number of carbonyl (C=O) groups excluding carboxylic acids is 1. The molecule has 1 aliphatic rings. The smallest absolute Gasteiger partial charge is 0.237 e. The Labute approximate surface area is 238 Å². The van der Waals surface area contributed by atoms with Crippen LogP contribution in [-0.4, -0.2) is 56.9 Å². The summed E-state index contributed by atoms with van der Waals surface area (Å²) in [5.74, 6) is 1.41. The Morgan fingerprint density at radius 1 is 1.11 bits per heavy atom. The fourth-order valence-electron chi connectivity index (χ4n) is 3.60. The van der Waals surface area contributed by atoms with Gasteiger partial charge in [-0.1, -0.05) is 65.3 Å². The number of halogens is 3. The number of nitrogens with two attached hydrogens (primary N) is 1. The molecule has 0 atom stereocenters. The molecule has 0 aliphatic carbocycles. The summed E-state index contributed by atoms with van der Waals surface area (Å²) >= 11 is 8.97. The van der Waals surface area contributed by atoms with Gasteiger partial charge in [-0.15, -0.1) is 24.0 Å². The van der Waals surface area contributed by atoms with Crippen molar-refractivity contribution in [2.45, 2.75) is 33.2 Å². The molecular formula is C27H33BrCl2N6O. The number of benzene rings is 2. The summed E-state index contributed by atoms with van der Waals surface area (Å²) < 4.78 is 2.87. The standard InChI is InChI=1S/C17H19ClN4O.C10H13BrN2.ClH/c1-2-22-12-19-17(20-22)15-5-3-13(4-6-15)14-7-9-21(10-8-14)16(23)11-18;1-2-7-13-10(12)8-3-5-9(11)6-4-8;/h3-7,12H,2,8-11H2,1H3;3-6H,2,7H2,1H3,(H2,12,13);1H. The predicted molar refractivity (Wildman–Crippen MR) is 158 cm³/mol. The molecule has 1 aliphatic heterocycles. The number of rotatable bonds is 7. The number of alkyl halides is 1. The fourth-order valence-corrected chi connectivity index (χ4v) is 4.03. The van der Waals surface area contributed by atoms with Crippen molar-refractivity contribution in [2.24, 2.45) is 10.7 Å². The lowest BCUT2D eigenvalue weighted by atomic mass is 9.98. The molecule has 0 saturated carbocycles. The van der Waals surface area contributed by atoms with E-state index in [-0.39, 0.29) is 24.2 Å². The zero-order valence-corrected chi connectivity index (χ0v) is 24.3. The summed E-state index contributed by atoms with van der Waals surface area (Å²) in [7, 11) is 0. The lowest BCUT2D eigenvalue weighted by Crippen LogP contribution is -2.35. The molecule has 0 saturated heterocycles. The normalized spacial score (nSPS) is 13.2. The minimum atomic E-state index is -0.00472. The number of amides is 1. The summed E-state index contributed by atoms with van der Waals surface area (Å²) in [5, 5.41) is 4.41. The molecule has 1 aromatic heterocycles. The summed E-state index contributed by atoms with van der Waals surface area (Å²) in [6, 6.07) is 16.1. The largest absolute Gasteiger partial charge is 0.384 e. The summed E-state index contributed by atoms with van der Waals surface area (Å²) in [6.45, 7) is 7.08. The lowest BCUT2D eigenvalue weighted by molar-refractivity contribution is -0.128. The van der Waals surface area contributed by atoms with E-state index < -0.39 is 0 Å². The Morgan fingerprint density at radius 2 is 1.78 bits per heavy atom. The van der Waals surface area contributed by atoms with Gasteiger partial charge in [0.2, 0.25) is 5.91 Å². The molecule has 198 valence electrons. The average molecular weight is 608 g/mol. The van der Waals surface area contributed by atoms with Crippen LogP contribution in [0.1, 0.15) is 37.8 Å². The minimum absolute atomic E-state index is 0. The van der Waals surface area contributed by atoms with Crippen LogP contribution in [0.4, 0.5) is 0 Å². The van der Waals surface area contributed by atoms with Crippen LogP contribution < -0.4 is 5.73 Å². The van der Waals surface area contributed by atoms with Gasteiger partial charge in [0.25, 0.3) is 0 Å². The van der Waals surface area contributed by atoms with E-state index in [1.807, 2.05) is 48.0 Å². The van der Waals surface area contributed by atoms with Crippen LogP contribution in [0.3, 0.4) is 0 Å². The van der Waals surface area contributed by atoms with Gasteiger partial charge < -0.3 is 10.6 Å². The molecule has 0 spiro atoms. The highest BCUT2D eigenvalue weighted by molar-refractivity contribution is 9.10. The highest BCUT2D eigenvalue weighted by Gasteiger charge is 2.17. The third-order valence-corrected chi connectivity index (χ3v) is 6.45. The SMILES string of the molecule is CCCN=C(N)c1ccc(Br)cc1.CCn1cnc(-c2ccc(C3=CCN(C(=O)CCl)CC3)cc2)n1.Cl. The van der Waals surface area contributed by atoms with Gasteiger partial charge in [0.1, 0.15) is 18.0 Å². The molecule has 2 aromatic carbocycles. The molecule has 0 radical (unpaired) electrons. The van der Waals surface area contributed by atoms with E-state index in [4.69, 9.17) is 17.3 Å². The molecule has 7 nitrogen and oxygen atoms in total. The average Bonchev–Trinajstić information content (AvgIpc) is 3.42. The second kappa shape index (κ2) is 15.5. The second-order valence-electron chi connectivity index (χ2n) is 8.23. The van der Waals surface area contributed by atoms with Crippen LogP contribution in [0.25, 0.3) is 17.0 Å². The molecule has 2 N–H and O–H groups in total. The van der Waals surface area contributed by atoms with Gasteiger partial charge in [-0.2, -0.15) is 5.10 Å². The van der Waals surface area contributed by atoms with Gasteiger partial charge in [-0.3, -0.25) is 14.5 Å². The number of hydrogen-bond acceptors (Lipinski definition) is 4. The topological polar surface area (TPSA) is 89.4 Å². The van der Waals surface area contributed by atoms with Gasteiger partial charge in [0.05, 0.1) is 0 Å². The van der Waals surface area contributed by atoms with Gasteiger partial charge in [-0.05, 0) is 43.0 Å². The van der Waals surface area contributed by atoms with Crippen molar-refractivity contribution in [2.75, 3.05) is 25.5 Å². The molecule has 0 bridgehead atoms. The monoisotopic (exact) mass is 606 g/mol. The second-order valence-corrected chi connectivity index (χ2v) is 9.41. The first-order valence-corrected chi connectivity index (χ1v) is 13.4. The number of hydrogen-bond donors (Lipinski definition) is 1. The van der Waals surface area contributed by atoms with E-state index in [0.29, 0.717) is 12.4 Å². The van der Waals surface area contributed by atoms with Crippen LogP contribution in [0.5, 0.6) is 0 Å². The molecule has 4 rings (SSSR count). The van der Waals surface area contributed by atoms with E-state index >= 15 is 0 Å². The first-order chi connectivity index (χ1) is 17.4. The van der Waals surface area contributed by atoms with Crippen molar-refractivity contribution in [3.63, 3.8) is 0 Å². The number of nitrogens with zero attached hydrogens (tertiary/aromatic N) is 5. The number of aliphatic imine (C=N–C) groups is 1. The van der Waals surface area contributed by atoms with Gasteiger partial charge in [0.15, 0.2) is 5.82 Å². The quantitative estimate of drug-likeness (QED) is 0.209. The molecule has 2 heterocycles. The predicted octanol–water partition coefficient (Wildman–Crippen LogP) is 5.81. The Morgan fingerprint density at radius 3 is 2.32 bits per heavy atom. The number of amidine groups is 1. The zero-order valence-electron chi connectivity index (χ0n) is 21.1. The summed E-state index contributed by atoms with van der Waals surface area (Å²) in [4.78, 5) is 21.9. The van der Waals surface area contributed by atoms with E-state index in [9.17, 15) is 4.79 Å². The highest BCUT2D eigenvalue weighted by Crippen LogP contribution is 2.25. The van der Waals surface area contributed by atoms with Crippen molar-refractivity contribution in [3.8, 4) is 11.4 Å². The Kier molecular flexibility index (Phi) is 12.8.